The van der Waals surface area contributed by atoms with E-state index in [-0.39, 0.29) is 11.6 Å². The van der Waals surface area contributed by atoms with Gasteiger partial charge in [-0.1, -0.05) is 29.8 Å². The Hall–Kier alpha value is -2.13. The standard InChI is InChI=1S/C17H19NO2/c1-10-7-11(2)15(12(3)8-10)16(18)13-5-4-6-14(9-13)17(19)20/h4-9,16H,18H2,1-3H3,(H,19,20). The van der Waals surface area contributed by atoms with Gasteiger partial charge in [0.25, 0.3) is 0 Å². The molecule has 0 aliphatic heterocycles. The average molecular weight is 269 g/mol. The second-order valence-corrected chi connectivity index (χ2v) is 5.22. The first kappa shape index (κ1) is 14.3. The number of aromatic carboxylic acids is 1. The van der Waals surface area contributed by atoms with Gasteiger partial charge in [0.05, 0.1) is 11.6 Å². The lowest BCUT2D eigenvalue weighted by atomic mass is 9.90. The first-order valence-electron chi connectivity index (χ1n) is 6.56. The molecule has 0 saturated heterocycles. The molecule has 1 unspecified atom stereocenters. The van der Waals surface area contributed by atoms with Gasteiger partial charge in [-0.25, -0.2) is 4.79 Å². The number of benzene rings is 2. The van der Waals surface area contributed by atoms with Crippen LogP contribution in [0.25, 0.3) is 0 Å². The van der Waals surface area contributed by atoms with E-state index in [1.807, 2.05) is 19.9 Å². The van der Waals surface area contributed by atoms with Crippen molar-refractivity contribution in [1.82, 2.24) is 0 Å². The van der Waals surface area contributed by atoms with Gasteiger partial charge in [0, 0.05) is 0 Å². The maximum absolute atomic E-state index is 11.0. The topological polar surface area (TPSA) is 63.3 Å². The van der Waals surface area contributed by atoms with E-state index in [4.69, 9.17) is 10.8 Å². The Morgan fingerprint density at radius 3 is 2.25 bits per heavy atom. The summed E-state index contributed by atoms with van der Waals surface area (Å²) in [5.41, 5.74) is 12.0. The summed E-state index contributed by atoms with van der Waals surface area (Å²) in [6.45, 7) is 6.13. The highest BCUT2D eigenvalue weighted by Gasteiger charge is 2.15. The fourth-order valence-corrected chi connectivity index (χ4v) is 2.71. The normalized spacial score (nSPS) is 12.2. The fourth-order valence-electron chi connectivity index (χ4n) is 2.71. The Morgan fingerprint density at radius 1 is 1.10 bits per heavy atom. The molecule has 104 valence electrons. The molecule has 20 heavy (non-hydrogen) atoms. The Kier molecular flexibility index (Phi) is 3.91. The van der Waals surface area contributed by atoms with Crippen LogP contribution in [-0.4, -0.2) is 11.1 Å². The van der Waals surface area contributed by atoms with Crippen LogP contribution in [-0.2, 0) is 0 Å². The van der Waals surface area contributed by atoms with Gasteiger partial charge in [0.2, 0.25) is 0 Å². The smallest absolute Gasteiger partial charge is 0.335 e. The number of carboxylic acid groups (broad SMARTS) is 1. The van der Waals surface area contributed by atoms with Gasteiger partial charge in [0.1, 0.15) is 0 Å². The van der Waals surface area contributed by atoms with Crippen LogP contribution < -0.4 is 5.73 Å². The molecule has 0 bridgehead atoms. The molecule has 2 aromatic rings. The van der Waals surface area contributed by atoms with Crippen LogP contribution >= 0.6 is 0 Å². The average Bonchev–Trinajstić information content (AvgIpc) is 2.37. The van der Waals surface area contributed by atoms with Gasteiger partial charge < -0.3 is 10.8 Å². The first-order valence-corrected chi connectivity index (χ1v) is 6.56. The molecule has 0 spiro atoms. The van der Waals surface area contributed by atoms with Crippen molar-refractivity contribution in [1.29, 1.82) is 0 Å². The largest absolute Gasteiger partial charge is 0.478 e. The summed E-state index contributed by atoms with van der Waals surface area (Å²) in [5.74, 6) is -0.934. The lowest BCUT2D eigenvalue weighted by Crippen LogP contribution is -2.15. The molecule has 0 heterocycles. The summed E-state index contributed by atoms with van der Waals surface area (Å²) in [5, 5.41) is 9.07. The van der Waals surface area contributed by atoms with E-state index in [0.717, 1.165) is 22.3 Å². The number of nitrogens with two attached hydrogens (primary N) is 1. The van der Waals surface area contributed by atoms with E-state index >= 15 is 0 Å². The first-order chi connectivity index (χ1) is 9.40. The lowest BCUT2D eigenvalue weighted by Gasteiger charge is -2.19. The molecular formula is C17H19NO2. The molecular weight excluding hydrogens is 250 g/mol. The molecule has 0 radical (unpaired) electrons. The maximum Gasteiger partial charge on any atom is 0.335 e. The van der Waals surface area contributed by atoms with Crippen LogP contribution in [0.15, 0.2) is 36.4 Å². The summed E-state index contributed by atoms with van der Waals surface area (Å²) < 4.78 is 0. The third-order valence-electron chi connectivity index (χ3n) is 3.54. The minimum absolute atomic E-state index is 0.264. The summed E-state index contributed by atoms with van der Waals surface area (Å²) in [6.07, 6.45) is 0. The highest BCUT2D eigenvalue weighted by Crippen LogP contribution is 2.27. The molecule has 0 aliphatic carbocycles. The zero-order valence-electron chi connectivity index (χ0n) is 12.0. The van der Waals surface area contributed by atoms with Crippen LogP contribution in [0.2, 0.25) is 0 Å². The van der Waals surface area contributed by atoms with Crippen molar-refractivity contribution in [3.05, 3.63) is 69.8 Å². The number of carbonyl (C=O) groups is 1. The molecule has 2 rings (SSSR count). The van der Waals surface area contributed by atoms with Crippen LogP contribution in [0.1, 0.15) is 44.2 Å². The van der Waals surface area contributed by atoms with Gasteiger partial charge in [-0.3, -0.25) is 0 Å². The number of rotatable bonds is 3. The van der Waals surface area contributed by atoms with Crippen molar-refractivity contribution >= 4 is 5.97 Å². The molecule has 0 aromatic heterocycles. The van der Waals surface area contributed by atoms with Gasteiger partial charge in [-0.05, 0) is 55.2 Å². The Balaban J connectivity index is 2.49. The number of hydrogen-bond donors (Lipinski definition) is 2. The minimum Gasteiger partial charge on any atom is -0.478 e. The van der Waals surface area contributed by atoms with Gasteiger partial charge in [-0.2, -0.15) is 0 Å². The van der Waals surface area contributed by atoms with Crippen molar-refractivity contribution in [3.63, 3.8) is 0 Å². The number of aryl methyl sites for hydroxylation is 3. The lowest BCUT2D eigenvalue weighted by molar-refractivity contribution is 0.0697. The Labute approximate surface area is 119 Å². The third kappa shape index (κ3) is 2.73. The second-order valence-electron chi connectivity index (χ2n) is 5.22. The highest BCUT2D eigenvalue weighted by atomic mass is 16.4. The minimum atomic E-state index is -0.934. The Morgan fingerprint density at radius 2 is 1.70 bits per heavy atom. The van der Waals surface area contributed by atoms with Crippen LogP contribution in [0, 0.1) is 20.8 Å². The zero-order chi connectivity index (χ0) is 14.9. The van der Waals surface area contributed by atoms with E-state index in [1.165, 1.54) is 5.56 Å². The molecule has 0 fully saturated rings. The van der Waals surface area contributed by atoms with Gasteiger partial charge in [-0.15, -0.1) is 0 Å². The van der Waals surface area contributed by atoms with Crippen molar-refractivity contribution < 1.29 is 9.90 Å². The summed E-state index contributed by atoms with van der Waals surface area (Å²) in [6, 6.07) is 10.7. The van der Waals surface area contributed by atoms with Crippen LogP contribution in [0.4, 0.5) is 0 Å². The van der Waals surface area contributed by atoms with Crippen molar-refractivity contribution in [2.24, 2.45) is 5.73 Å². The SMILES string of the molecule is Cc1cc(C)c(C(N)c2cccc(C(=O)O)c2)c(C)c1. The predicted molar refractivity (Wildman–Crippen MR) is 80.1 cm³/mol. The summed E-state index contributed by atoms with van der Waals surface area (Å²) in [4.78, 5) is 11.0. The molecule has 3 N–H and O–H groups in total. The fraction of sp³-hybridized carbons (Fsp3) is 0.235. The van der Waals surface area contributed by atoms with E-state index in [9.17, 15) is 4.79 Å². The van der Waals surface area contributed by atoms with Crippen LogP contribution in [0.3, 0.4) is 0 Å². The number of carboxylic acids is 1. The molecule has 0 aliphatic rings. The second kappa shape index (κ2) is 5.47. The number of hydrogen-bond acceptors (Lipinski definition) is 2. The quantitative estimate of drug-likeness (QED) is 0.898. The Bertz CT molecular complexity index is 639. The molecule has 0 amide bonds. The third-order valence-corrected chi connectivity index (χ3v) is 3.54. The molecule has 2 aromatic carbocycles. The van der Waals surface area contributed by atoms with Crippen LogP contribution in [0.5, 0.6) is 0 Å². The molecule has 3 heteroatoms. The summed E-state index contributed by atoms with van der Waals surface area (Å²) in [7, 11) is 0. The monoisotopic (exact) mass is 269 g/mol. The van der Waals surface area contributed by atoms with E-state index in [2.05, 4.69) is 19.1 Å². The highest BCUT2D eigenvalue weighted by molar-refractivity contribution is 5.87. The van der Waals surface area contributed by atoms with E-state index in [0.29, 0.717) is 0 Å². The zero-order valence-corrected chi connectivity index (χ0v) is 12.0. The van der Waals surface area contributed by atoms with Crippen molar-refractivity contribution in [2.75, 3.05) is 0 Å². The molecule has 3 nitrogen and oxygen atoms in total. The maximum atomic E-state index is 11.0. The van der Waals surface area contributed by atoms with Crippen molar-refractivity contribution in [2.45, 2.75) is 26.8 Å². The van der Waals surface area contributed by atoms with Gasteiger partial charge in [0.15, 0.2) is 0 Å². The van der Waals surface area contributed by atoms with Crippen molar-refractivity contribution in [3.8, 4) is 0 Å². The summed E-state index contributed by atoms with van der Waals surface area (Å²) >= 11 is 0. The molecule has 0 saturated carbocycles. The molecule has 1 atom stereocenters. The van der Waals surface area contributed by atoms with Gasteiger partial charge >= 0.3 is 5.97 Å². The van der Waals surface area contributed by atoms with E-state index in [1.54, 1.807) is 18.2 Å². The predicted octanol–water partition coefficient (Wildman–Crippen LogP) is 3.36. The van der Waals surface area contributed by atoms with E-state index < -0.39 is 5.97 Å².